The van der Waals surface area contributed by atoms with E-state index in [1.165, 1.54) is 0 Å². The Balaban J connectivity index is 2.72. The molecule has 0 atom stereocenters. The molecular formula is C8H8N4S2. The van der Waals surface area contributed by atoms with Gasteiger partial charge in [0.25, 0.3) is 0 Å². The molecule has 2 rings (SSSR count). The van der Waals surface area contributed by atoms with E-state index in [1.807, 2.05) is 24.3 Å². The maximum Gasteiger partial charge on any atom is 0.198 e. The van der Waals surface area contributed by atoms with E-state index in [9.17, 15) is 0 Å². The average molecular weight is 224 g/mol. The van der Waals surface area contributed by atoms with Crippen molar-refractivity contribution in [3.05, 3.63) is 33.8 Å². The lowest BCUT2D eigenvalue weighted by Crippen LogP contribution is -1.95. The summed E-state index contributed by atoms with van der Waals surface area (Å²) >= 11 is 10.1. The first kappa shape index (κ1) is 9.17. The molecule has 2 aromatic rings. The van der Waals surface area contributed by atoms with Crippen LogP contribution in [0.25, 0.3) is 5.69 Å². The molecule has 0 fully saturated rings. The molecule has 0 amide bonds. The summed E-state index contributed by atoms with van der Waals surface area (Å²) in [5, 5.41) is 5.53. The van der Waals surface area contributed by atoms with Gasteiger partial charge in [-0.1, -0.05) is 6.07 Å². The van der Waals surface area contributed by atoms with Crippen LogP contribution in [0.4, 0.5) is 5.69 Å². The molecule has 1 heterocycles. The Morgan fingerprint density at radius 2 is 1.79 bits per heavy atom. The summed E-state index contributed by atoms with van der Waals surface area (Å²) in [7, 11) is 0. The van der Waals surface area contributed by atoms with E-state index in [-0.39, 0.29) is 0 Å². The van der Waals surface area contributed by atoms with E-state index in [0.29, 0.717) is 15.2 Å². The first-order chi connectivity index (χ1) is 6.68. The second-order valence-electron chi connectivity index (χ2n) is 2.79. The summed E-state index contributed by atoms with van der Waals surface area (Å²) in [6.07, 6.45) is 0. The molecule has 0 unspecified atom stereocenters. The summed E-state index contributed by atoms with van der Waals surface area (Å²) in [6, 6.07) is 7.37. The molecule has 0 aliphatic carbocycles. The Bertz CT molecular complexity index is 535. The lowest BCUT2D eigenvalue weighted by molar-refractivity contribution is 1.02. The Morgan fingerprint density at radius 1 is 1.14 bits per heavy atom. The largest absolute Gasteiger partial charge is 0.399 e. The van der Waals surface area contributed by atoms with E-state index in [2.05, 4.69) is 10.2 Å². The molecule has 0 saturated carbocycles. The van der Waals surface area contributed by atoms with Gasteiger partial charge in [-0.15, -0.1) is 0 Å². The van der Waals surface area contributed by atoms with Crippen molar-refractivity contribution < 1.29 is 0 Å². The number of hydrogen-bond donors (Lipinski definition) is 3. The number of nitrogens with two attached hydrogens (primary N) is 1. The van der Waals surface area contributed by atoms with E-state index in [4.69, 9.17) is 30.2 Å². The number of nitrogens with one attached hydrogen (secondary N) is 2. The Kier molecular flexibility index (Phi) is 2.22. The van der Waals surface area contributed by atoms with Crippen LogP contribution in [0.1, 0.15) is 0 Å². The summed E-state index contributed by atoms with van der Waals surface area (Å²) < 4.78 is 2.77. The summed E-state index contributed by atoms with van der Waals surface area (Å²) in [4.78, 5) is 0. The number of nitrogens with zero attached hydrogens (tertiary/aromatic N) is 1. The summed E-state index contributed by atoms with van der Waals surface area (Å²) in [5.74, 6) is 0. The van der Waals surface area contributed by atoms with Crippen LogP contribution in [0.5, 0.6) is 0 Å². The number of H-pyrrole nitrogens is 2. The number of nitrogen functional groups attached to an aromatic ring is 1. The monoisotopic (exact) mass is 224 g/mol. The van der Waals surface area contributed by atoms with Crippen LogP contribution in [0.2, 0.25) is 0 Å². The Labute approximate surface area is 90.4 Å². The number of benzene rings is 1. The minimum absolute atomic E-state index is 0.528. The Hall–Kier alpha value is -1.40. The topological polar surface area (TPSA) is 62.5 Å². The molecule has 0 bridgehead atoms. The van der Waals surface area contributed by atoms with Crippen LogP contribution in [0.15, 0.2) is 24.3 Å². The van der Waals surface area contributed by atoms with Gasteiger partial charge in [-0.25, -0.2) is 0 Å². The van der Waals surface area contributed by atoms with Crippen LogP contribution < -0.4 is 5.73 Å². The molecule has 1 aromatic carbocycles. The maximum absolute atomic E-state index is 5.66. The highest BCUT2D eigenvalue weighted by Gasteiger charge is 2.00. The molecule has 14 heavy (non-hydrogen) atoms. The van der Waals surface area contributed by atoms with Crippen molar-refractivity contribution in [3.63, 3.8) is 0 Å². The third kappa shape index (κ3) is 1.49. The molecule has 0 aliphatic heterocycles. The fourth-order valence-corrected chi connectivity index (χ4v) is 1.76. The quantitative estimate of drug-likeness (QED) is 0.514. The molecule has 0 aliphatic rings. The Morgan fingerprint density at radius 3 is 2.36 bits per heavy atom. The van der Waals surface area contributed by atoms with E-state index in [1.54, 1.807) is 4.57 Å². The number of aromatic nitrogens is 3. The highest BCUT2D eigenvalue weighted by atomic mass is 32.1. The van der Waals surface area contributed by atoms with Gasteiger partial charge in [-0.2, -0.15) is 0 Å². The fraction of sp³-hybridized carbons (Fsp3) is 0. The lowest BCUT2D eigenvalue weighted by Gasteiger charge is -2.01. The molecular weight excluding hydrogens is 216 g/mol. The zero-order valence-corrected chi connectivity index (χ0v) is 8.78. The molecule has 1 aromatic heterocycles. The third-order valence-electron chi connectivity index (χ3n) is 1.81. The predicted octanol–water partition coefficient (Wildman–Crippen LogP) is 2.17. The van der Waals surface area contributed by atoms with Crippen LogP contribution >= 0.6 is 24.4 Å². The molecule has 72 valence electrons. The third-order valence-corrected chi connectivity index (χ3v) is 2.38. The van der Waals surface area contributed by atoms with Gasteiger partial charge in [0.05, 0.1) is 5.69 Å². The van der Waals surface area contributed by atoms with Gasteiger partial charge in [0.1, 0.15) is 0 Å². The van der Waals surface area contributed by atoms with Crippen molar-refractivity contribution >= 4 is 30.1 Å². The van der Waals surface area contributed by atoms with Crippen LogP contribution in [-0.2, 0) is 0 Å². The van der Waals surface area contributed by atoms with Crippen molar-refractivity contribution in [3.8, 4) is 5.69 Å². The number of aromatic amines is 2. The van der Waals surface area contributed by atoms with Gasteiger partial charge < -0.3 is 5.73 Å². The molecule has 4 N–H and O–H groups in total. The molecule has 0 spiro atoms. The smallest absolute Gasteiger partial charge is 0.198 e. The normalized spacial score (nSPS) is 10.3. The fourth-order valence-electron chi connectivity index (χ4n) is 1.21. The van der Waals surface area contributed by atoms with Crippen LogP contribution in [0, 0.1) is 9.54 Å². The lowest BCUT2D eigenvalue weighted by atomic mass is 10.3. The maximum atomic E-state index is 5.66. The molecule has 4 nitrogen and oxygen atoms in total. The number of anilines is 1. The van der Waals surface area contributed by atoms with Gasteiger partial charge in [-0.3, -0.25) is 14.8 Å². The predicted molar refractivity (Wildman–Crippen MR) is 60.6 cm³/mol. The minimum atomic E-state index is 0.528. The van der Waals surface area contributed by atoms with Crippen molar-refractivity contribution in [1.29, 1.82) is 0 Å². The van der Waals surface area contributed by atoms with Crippen molar-refractivity contribution in [2.24, 2.45) is 0 Å². The van der Waals surface area contributed by atoms with Crippen molar-refractivity contribution in [2.75, 3.05) is 5.73 Å². The van der Waals surface area contributed by atoms with Crippen molar-refractivity contribution in [2.45, 2.75) is 0 Å². The van der Waals surface area contributed by atoms with Crippen LogP contribution in [0.3, 0.4) is 0 Å². The standard InChI is InChI=1S/C8H8N4S2/c9-5-2-1-3-6(4-5)12-7(13)10-11-8(12)14/h1-4H,9H2,(H,10,13)(H,11,14). The van der Waals surface area contributed by atoms with Gasteiger partial charge in [0.2, 0.25) is 0 Å². The van der Waals surface area contributed by atoms with Gasteiger partial charge >= 0.3 is 0 Å². The van der Waals surface area contributed by atoms with E-state index < -0.39 is 0 Å². The summed E-state index contributed by atoms with van der Waals surface area (Å²) in [5.41, 5.74) is 7.20. The SMILES string of the molecule is Nc1cccc(-n2c(=S)[nH][nH]c2=S)c1. The highest BCUT2D eigenvalue weighted by Crippen LogP contribution is 2.12. The van der Waals surface area contributed by atoms with E-state index in [0.717, 1.165) is 5.69 Å². The minimum Gasteiger partial charge on any atom is -0.399 e. The average Bonchev–Trinajstić information content (AvgIpc) is 2.46. The zero-order chi connectivity index (χ0) is 10.1. The van der Waals surface area contributed by atoms with Crippen LogP contribution in [-0.4, -0.2) is 14.8 Å². The van der Waals surface area contributed by atoms with Gasteiger partial charge in [0.15, 0.2) is 9.54 Å². The number of hydrogen-bond acceptors (Lipinski definition) is 3. The first-order valence-electron chi connectivity index (χ1n) is 3.94. The van der Waals surface area contributed by atoms with Gasteiger partial charge in [-0.05, 0) is 42.6 Å². The first-order valence-corrected chi connectivity index (χ1v) is 4.76. The second-order valence-corrected chi connectivity index (χ2v) is 3.56. The summed E-state index contributed by atoms with van der Waals surface area (Å²) in [6.45, 7) is 0. The van der Waals surface area contributed by atoms with E-state index >= 15 is 0 Å². The molecule has 0 radical (unpaired) electrons. The molecule has 0 saturated heterocycles. The number of rotatable bonds is 1. The highest BCUT2D eigenvalue weighted by molar-refractivity contribution is 7.72. The second kappa shape index (κ2) is 3.39. The zero-order valence-electron chi connectivity index (χ0n) is 7.15. The van der Waals surface area contributed by atoms with Crippen molar-refractivity contribution in [1.82, 2.24) is 14.8 Å². The van der Waals surface area contributed by atoms with Gasteiger partial charge in [0, 0.05) is 5.69 Å². The molecule has 6 heteroatoms.